The van der Waals surface area contributed by atoms with Crippen LogP contribution in [0, 0.1) is 5.92 Å². The molecule has 5 nitrogen and oxygen atoms in total. The first-order valence-electron chi connectivity index (χ1n) is 9.07. The predicted octanol–water partition coefficient (Wildman–Crippen LogP) is 4.25. The lowest BCUT2D eigenvalue weighted by atomic mass is 10.0. The summed E-state index contributed by atoms with van der Waals surface area (Å²) in [5.74, 6) is 1.14. The molecule has 0 bridgehead atoms. The van der Waals surface area contributed by atoms with Gasteiger partial charge in [-0.3, -0.25) is 0 Å². The van der Waals surface area contributed by atoms with Gasteiger partial charge in [-0.2, -0.15) is 0 Å². The Kier molecular flexibility index (Phi) is 6.36. The second kappa shape index (κ2) is 9.12. The number of rotatable bonds is 9. The summed E-state index contributed by atoms with van der Waals surface area (Å²) in [5.41, 5.74) is 3.03. The molecule has 2 aromatic rings. The molecule has 0 amide bonds. The van der Waals surface area contributed by atoms with Crippen molar-refractivity contribution in [3.63, 3.8) is 0 Å². The van der Waals surface area contributed by atoms with E-state index in [0.717, 1.165) is 35.0 Å². The van der Waals surface area contributed by atoms with E-state index in [1.165, 1.54) is 33.3 Å². The summed E-state index contributed by atoms with van der Waals surface area (Å²) < 4.78 is 15.9. The summed E-state index contributed by atoms with van der Waals surface area (Å²) in [6.45, 7) is 1.34. The van der Waals surface area contributed by atoms with E-state index < -0.39 is 5.97 Å². The zero-order valence-electron chi connectivity index (χ0n) is 15.7. The average Bonchev–Trinajstić information content (AvgIpc) is 3.53. The van der Waals surface area contributed by atoms with Crippen molar-refractivity contribution in [3.05, 3.63) is 65.9 Å². The quantitative estimate of drug-likeness (QED) is 0.408. The lowest BCUT2D eigenvalue weighted by Gasteiger charge is -2.13. The van der Waals surface area contributed by atoms with Crippen LogP contribution in [-0.4, -0.2) is 26.7 Å². The normalized spacial score (nSPS) is 13.8. The van der Waals surface area contributed by atoms with Crippen LogP contribution in [0.1, 0.15) is 24.0 Å². The summed E-state index contributed by atoms with van der Waals surface area (Å²) in [4.78, 5) is 12.1. The lowest BCUT2D eigenvalue weighted by Crippen LogP contribution is -2.08. The minimum atomic E-state index is -0.449. The number of ether oxygens (including phenoxy) is 3. The van der Waals surface area contributed by atoms with Crippen LogP contribution in [-0.2, 0) is 20.9 Å². The molecule has 5 heteroatoms. The molecular formula is C22H25NO4. The Hall–Kier alpha value is -2.95. The molecule has 1 fully saturated rings. The number of esters is 1. The summed E-state index contributed by atoms with van der Waals surface area (Å²) in [5, 5.41) is 3.45. The zero-order chi connectivity index (χ0) is 19.1. The Labute approximate surface area is 159 Å². The molecule has 1 aliphatic rings. The predicted molar refractivity (Wildman–Crippen MR) is 105 cm³/mol. The average molecular weight is 367 g/mol. The van der Waals surface area contributed by atoms with Crippen LogP contribution in [0.15, 0.2) is 54.8 Å². The van der Waals surface area contributed by atoms with Crippen LogP contribution < -0.4 is 10.1 Å². The van der Waals surface area contributed by atoms with Gasteiger partial charge >= 0.3 is 5.97 Å². The molecule has 0 aliphatic heterocycles. The fourth-order valence-electron chi connectivity index (χ4n) is 2.80. The molecule has 1 N–H and O–H groups in total. The molecule has 0 radical (unpaired) electrons. The number of hydrogen-bond donors (Lipinski definition) is 1. The second-order valence-corrected chi connectivity index (χ2v) is 6.56. The van der Waals surface area contributed by atoms with Gasteiger partial charge in [-0.15, -0.1) is 0 Å². The van der Waals surface area contributed by atoms with E-state index in [4.69, 9.17) is 14.2 Å². The lowest BCUT2D eigenvalue weighted by molar-refractivity contribution is -0.133. The first-order valence-corrected chi connectivity index (χ1v) is 9.07. The third kappa shape index (κ3) is 5.26. The first kappa shape index (κ1) is 18.8. The van der Waals surface area contributed by atoms with Crippen molar-refractivity contribution >= 4 is 17.2 Å². The smallest absolute Gasteiger partial charge is 0.341 e. The van der Waals surface area contributed by atoms with Gasteiger partial charge in [0.05, 0.1) is 20.5 Å². The Morgan fingerprint density at radius 1 is 1.15 bits per heavy atom. The Balaban J connectivity index is 1.71. The highest BCUT2D eigenvalue weighted by atomic mass is 16.5. The monoisotopic (exact) mass is 367 g/mol. The number of hydrogen-bond acceptors (Lipinski definition) is 5. The van der Waals surface area contributed by atoms with Crippen molar-refractivity contribution in [2.75, 3.05) is 26.1 Å². The topological polar surface area (TPSA) is 56.8 Å². The maximum Gasteiger partial charge on any atom is 0.341 e. The van der Waals surface area contributed by atoms with Gasteiger partial charge in [0.2, 0.25) is 0 Å². The largest absolute Gasteiger partial charge is 0.503 e. The van der Waals surface area contributed by atoms with Gasteiger partial charge in [-0.25, -0.2) is 4.79 Å². The number of carbonyl (C=O) groups excluding carboxylic acids is 1. The molecule has 0 heterocycles. The molecule has 3 rings (SSSR count). The molecule has 27 heavy (non-hydrogen) atoms. The van der Waals surface area contributed by atoms with Crippen molar-refractivity contribution in [1.82, 2.24) is 0 Å². The van der Waals surface area contributed by atoms with E-state index in [9.17, 15) is 4.79 Å². The van der Waals surface area contributed by atoms with E-state index in [2.05, 4.69) is 5.32 Å². The fourth-order valence-corrected chi connectivity index (χ4v) is 2.80. The van der Waals surface area contributed by atoms with Crippen LogP contribution in [0.5, 0.6) is 5.75 Å². The third-order valence-corrected chi connectivity index (χ3v) is 4.47. The summed E-state index contributed by atoms with van der Waals surface area (Å²) in [6.07, 6.45) is 4.03. The summed E-state index contributed by atoms with van der Waals surface area (Å²) in [6, 6.07) is 15.5. The van der Waals surface area contributed by atoms with Crippen molar-refractivity contribution in [2.45, 2.75) is 19.4 Å². The number of benzene rings is 2. The van der Waals surface area contributed by atoms with Crippen molar-refractivity contribution in [2.24, 2.45) is 5.92 Å². The maximum atomic E-state index is 12.1. The van der Waals surface area contributed by atoms with E-state index in [1.54, 1.807) is 0 Å². The van der Waals surface area contributed by atoms with E-state index in [-0.39, 0.29) is 0 Å². The van der Waals surface area contributed by atoms with E-state index >= 15 is 0 Å². The summed E-state index contributed by atoms with van der Waals surface area (Å²) >= 11 is 0. The van der Waals surface area contributed by atoms with Crippen LogP contribution in [0.4, 0.5) is 5.69 Å². The van der Waals surface area contributed by atoms with Gasteiger partial charge < -0.3 is 19.5 Å². The van der Waals surface area contributed by atoms with Crippen LogP contribution in [0.2, 0.25) is 0 Å². The molecule has 0 unspecified atom stereocenters. The van der Waals surface area contributed by atoms with Crippen LogP contribution in [0.25, 0.3) is 5.57 Å². The number of nitrogens with one attached hydrogen (secondary N) is 1. The molecule has 0 spiro atoms. The van der Waals surface area contributed by atoms with Gasteiger partial charge in [-0.05, 0) is 42.0 Å². The number of anilines is 1. The Bertz CT molecular complexity index is 811. The highest BCUT2D eigenvalue weighted by Crippen LogP contribution is 2.29. The standard InChI is InChI=1S/C22H25NO4/c1-25-15-21(22(24)26-2)20-9-4-3-6-17(20)14-27-19-8-5-7-18(12-19)23-13-16-10-11-16/h3-9,12,15-16,23H,10-11,13-14H2,1-2H3. The minimum absolute atomic E-state index is 0.334. The molecule has 2 aromatic carbocycles. The van der Waals surface area contributed by atoms with Gasteiger partial charge in [0.15, 0.2) is 0 Å². The molecule has 142 valence electrons. The van der Waals surface area contributed by atoms with Gasteiger partial charge in [-0.1, -0.05) is 30.3 Å². The highest BCUT2D eigenvalue weighted by Gasteiger charge is 2.20. The second-order valence-electron chi connectivity index (χ2n) is 6.56. The summed E-state index contributed by atoms with van der Waals surface area (Å²) in [7, 11) is 2.85. The third-order valence-electron chi connectivity index (χ3n) is 4.47. The van der Waals surface area contributed by atoms with Gasteiger partial charge in [0, 0.05) is 18.3 Å². The SMILES string of the molecule is COC=C(C(=O)OC)c1ccccc1COc1cccc(NCC2CC2)c1. The van der Waals surface area contributed by atoms with Crippen molar-refractivity contribution < 1.29 is 19.0 Å². The van der Waals surface area contributed by atoms with Crippen LogP contribution in [0.3, 0.4) is 0 Å². The minimum Gasteiger partial charge on any atom is -0.503 e. The molecule has 1 saturated carbocycles. The van der Waals surface area contributed by atoms with Crippen molar-refractivity contribution in [1.29, 1.82) is 0 Å². The number of methoxy groups -OCH3 is 2. The Morgan fingerprint density at radius 2 is 1.96 bits per heavy atom. The first-order chi connectivity index (χ1) is 13.2. The highest BCUT2D eigenvalue weighted by molar-refractivity contribution is 6.16. The van der Waals surface area contributed by atoms with Crippen molar-refractivity contribution in [3.8, 4) is 5.75 Å². The molecular weight excluding hydrogens is 342 g/mol. The van der Waals surface area contributed by atoms with Gasteiger partial charge in [0.25, 0.3) is 0 Å². The fraction of sp³-hybridized carbons (Fsp3) is 0.318. The Morgan fingerprint density at radius 3 is 2.70 bits per heavy atom. The van der Waals surface area contributed by atoms with E-state index in [1.807, 2.05) is 48.5 Å². The number of carbonyl (C=O) groups is 1. The maximum absolute atomic E-state index is 12.1. The van der Waals surface area contributed by atoms with E-state index in [0.29, 0.717) is 12.2 Å². The zero-order valence-corrected chi connectivity index (χ0v) is 15.7. The molecule has 0 atom stereocenters. The molecule has 0 saturated heterocycles. The van der Waals surface area contributed by atoms with Gasteiger partial charge in [0.1, 0.15) is 17.9 Å². The molecule has 1 aliphatic carbocycles. The van der Waals surface area contributed by atoms with Crippen LogP contribution >= 0.6 is 0 Å². The molecule has 0 aromatic heterocycles.